The van der Waals surface area contributed by atoms with Gasteiger partial charge in [-0.15, -0.1) is 0 Å². The minimum absolute atomic E-state index is 0.130. The fraction of sp³-hybridized carbons (Fsp3) is 0.920. The molecule has 172 valence electrons. The number of hydrogen-bond donors (Lipinski definition) is 1. The fourth-order valence-corrected chi connectivity index (χ4v) is 10.9. The van der Waals surface area contributed by atoms with Gasteiger partial charge in [-0.25, -0.2) is 0 Å². The van der Waals surface area contributed by atoms with E-state index < -0.39 is 14.1 Å². The molecular formula is C25H44O4Si. The zero-order valence-corrected chi connectivity index (χ0v) is 21.1. The summed E-state index contributed by atoms with van der Waals surface area (Å²) in [6.07, 6.45) is 6.99. The molecule has 4 aliphatic rings. The first kappa shape index (κ1) is 23.0. The van der Waals surface area contributed by atoms with E-state index in [4.69, 9.17) is 13.9 Å². The molecule has 0 radical (unpaired) electrons. The van der Waals surface area contributed by atoms with Crippen molar-refractivity contribution in [2.75, 3.05) is 13.2 Å². The Hall–Kier alpha value is -0.203. The van der Waals surface area contributed by atoms with Crippen LogP contribution >= 0.6 is 0 Å². The molecule has 4 fully saturated rings. The second-order valence-electron chi connectivity index (χ2n) is 10.9. The van der Waals surface area contributed by atoms with Crippen molar-refractivity contribution in [3.63, 3.8) is 0 Å². The smallest absolute Gasteiger partial charge is 0.192 e. The Labute approximate surface area is 184 Å². The maximum absolute atomic E-state index is 11.7. The lowest BCUT2D eigenvalue weighted by atomic mass is 9.61. The third kappa shape index (κ3) is 3.13. The van der Waals surface area contributed by atoms with Crippen molar-refractivity contribution >= 4 is 8.32 Å². The number of hydrogen-bond acceptors (Lipinski definition) is 4. The molecule has 1 N–H and O–H groups in total. The van der Waals surface area contributed by atoms with Gasteiger partial charge in [-0.2, -0.15) is 0 Å². The SMILES string of the molecule is C/C=C1\C[C@H](O)[C@]2(C)[C@H](C)C[C@]3(CCC4(OCCO4)[C@H]32)C[C@H]1O[Si](CC)(CC)CC. The molecule has 1 spiro atoms. The summed E-state index contributed by atoms with van der Waals surface area (Å²) < 4.78 is 19.9. The summed E-state index contributed by atoms with van der Waals surface area (Å²) >= 11 is 0. The van der Waals surface area contributed by atoms with E-state index in [9.17, 15) is 5.11 Å². The molecule has 1 aliphatic heterocycles. The molecule has 4 nitrogen and oxygen atoms in total. The van der Waals surface area contributed by atoms with Crippen LogP contribution in [0.5, 0.6) is 0 Å². The molecule has 3 aliphatic carbocycles. The summed E-state index contributed by atoms with van der Waals surface area (Å²) in [5.41, 5.74) is 1.27. The highest BCUT2D eigenvalue weighted by molar-refractivity contribution is 6.73. The minimum atomic E-state index is -1.76. The molecule has 0 aromatic heterocycles. The van der Waals surface area contributed by atoms with Crippen molar-refractivity contribution in [3.05, 3.63) is 11.6 Å². The van der Waals surface area contributed by atoms with Crippen LogP contribution in [-0.4, -0.2) is 44.6 Å². The molecule has 0 aromatic carbocycles. The average Bonchev–Trinajstić information content (AvgIpc) is 3.39. The van der Waals surface area contributed by atoms with Crippen LogP contribution in [0.25, 0.3) is 0 Å². The predicted octanol–water partition coefficient (Wildman–Crippen LogP) is 5.66. The van der Waals surface area contributed by atoms with Gasteiger partial charge in [0, 0.05) is 17.8 Å². The number of allylic oxidation sites excluding steroid dienone is 1. The van der Waals surface area contributed by atoms with Gasteiger partial charge in [0.05, 0.1) is 25.4 Å². The van der Waals surface area contributed by atoms with Gasteiger partial charge in [-0.3, -0.25) is 0 Å². The summed E-state index contributed by atoms with van der Waals surface area (Å²) in [5, 5.41) is 11.7. The van der Waals surface area contributed by atoms with E-state index in [1.54, 1.807) is 0 Å². The van der Waals surface area contributed by atoms with Gasteiger partial charge >= 0.3 is 0 Å². The molecule has 0 amide bonds. The summed E-state index contributed by atoms with van der Waals surface area (Å²) in [5.74, 6) is 0.202. The molecule has 30 heavy (non-hydrogen) atoms. The van der Waals surface area contributed by atoms with Crippen molar-refractivity contribution < 1.29 is 19.0 Å². The summed E-state index contributed by atoms with van der Waals surface area (Å²) in [6.45, 7) is 15.1. The lowest BCUT2D eigenvalue weighted by molar-refractivity contribution is -0.231. The maximum atomic E-state index is 11.7. The van der Waals surface area contributed by atoms with Gasteiger partial charge in [0.1, 0.15) is 0 Å². The van der Waals surface area contributed by atoms with Crippen LogP contribution in [-0.2, 0) is 13.9 Å². The highest BCUT2D eigenvalue weighted by Crippen LogP contribution is 2.73. The second kappa shape index (κ2) is 7.98. The molecule has 2 bridgehead atoms. The van der Waals surface area contributed by atoms with Gasteiger partial charge in [-0.1, -0.05) is 40.7 Å². The Bertz CT molecular complexity index is 660. The summed E-state index contributed by atoms with van der Waals surface area (Å²) in [6, 6.07) is 3.49. The molecule has 0 aromatic rings. The molecule has 4 rings (SSSR count). The predicted molar refractivity (Wildman–Crippen MR) is 123 cm³/mol. The van der Waals surface area contributed by atoms with Crippen LogP contribution in [0.1, 0.15) is 73.6 Å². The topological polar surface area (TPSA) is 47.9 Å². The number of aliphatic hydroxyl groups is 1. The molecule has 5 heteroatoms. The second-order valence-corrected chi connectivity index (χ2v) is 15.6. The monoisotopic (exact) mass is 436 g/mol. The van der Waals surface area contributed by atoms with Crippen LogP contribution in [0.15, 0.2) is 11.6 Å². The lowest BCUT2D eigenvalue weighted by Crippen LogP contribution is -2.54. The third-order valence-corrected chi connectivity index (χ3v) is 14.7. The highest BCUT2D eigenvalue weighted by atomic mass is 28.4. The van der Waals surface area contributed by atoms with E-state index in [0.29, 0.717) is 25.6 Å². The normalized spacial score (nSPS) is 44.4. The summed E-state index contributed by atoms with van der Waals surface area (Å²) in [7, 11) is -1.76. The Morgan fingerprint density at radius 3 is 2.30 bits per heavy atom. The standard InChI is InChI=1S/C25H44O4Si/c1-7-19-15-21(26)23(6)18(5)16-24(11-12-25(22(23)24)27-13-14-28-25)17-20(19)29-30(8-2,9-3)10-4/h7,18,20-22,26H,8-17H2,1-6H3/b19-7+/t18-,20-,21+,22+,23+,24-/m1/s1. The molecule has 0 unspecified atom stereocenters. The van der Waals surface area contributed by atoms with Crippen LogP contribution < -0.4 is 0 Å². The number of ether oxygens (including phenoxy) is 2. The van der Waals surface area contributed by atoms with Gasteiger partial charge in [-0.05, 0) is 67.6 Å². The third-order valence-electron chi connectivity index (χ3n) is 10.0. The largest absolute Gasteiger partial charge is 0.410 e. The molecule has 3 saturated carbocycles. The van der Waals surface area contributed by atoms with E-state index in [-0.39, 0.29) is 29.0 Å². The van der Waals surface area contributed by atoms with Gasteiger partial charge < -0.3 is 19.0 Å². The average molecular weight is 437 g/mol. The van der Waals surface area contributed by atoms with Crippen LogP contribution in [0.4, 0.5) is 0 Å². The number of aliphatic hydroxyl groups excluding tert-OH is 1. The molecule has 6 atom stereocenters. The van der Waals surface area contributed by atoms with Crippen molar-refractivity contribution in [1.29, 1.82) is 0 Å². The van der Waals surface area contributed by atoms with Crippen LogP contribution in [0, 0.1) is 22.7 Å². The number of rotatable bonds is 5. The Kier molecular flexibility index (Phi) is 6.11. The highest BCUT2D eigenvalue weighted by Gasteiger charge is 2.73. The van der Waals surface area contributed by atoms with Crippen molar-refractivity contribution in [2.24, 2.45) is 22.7 Å². The van der Waals surface area contributed by atoms with E-state index >= 15 is 0 Å². The van der Waals surface area contributed by atoms with Crippen LogP contribution in [0.3, 0.4) is 0 Å². The van der Waals surface area contributed by atoms with E-state index in [1.165, 1.54) is 5.57 Å². The van der Waals surface area contributed by atoms with Gasteiger partial charge in [0.15, 0.2) is 14.1 Å². The summed E-state index contributed by atoms with van der Waals surface area (Å²) in [4.78, 5) is 0. The zero-order valence-electron chi connectivity index (χ0n) is 20.1. The Morgan fingerprint density at radius 2 is 1.73 bits per heavy atom. The Balaban J connectivity index is 1.78. The lowest BCUT2D eigenvalue weighted by Gasteiger charge is -2.50. The first-order chi connectivity index (χ1) is 14.2. The van der Waals surface area contributed by atoms with Crippen LogP contribution in [0.2, 0.25) is 18.1 Å². The van der Waals surface area contributed by atoms with E-state index in [1.807, 2.05) is 0 Å². The van der Waals surface area contributed by atoms with Gasteiger partial charge in [0.2, 0.25) is 0 Å². The molecular weight excluding hydrogens is 392 g/mol. The van der Waals surface area contributed by atoms with E-state index in [2.05, 4.69) is 47.6 Å². The molecule has 1 heterocycles. The van der Waals surface area contributed by atoms with Crippen molar-refractivity contribution in [3.8, 4) is 0 Å². The maximum Gasteiger partial charge on any atom is 0.192 e. The molecule has 1 saturated heterocycles. The van der Waals surface area contributed by atoms with E-state index in [0.717, 1.165) is 43.8 Å². The van der Waals surface area contributed by atoms with Gasteiger partial charge in [0.25, 0.3) is 0 Å². The quantitative estimate of drug-likeness (QED) is 0.446. The zero-order chi connectivity index (χ0) is 21.8. The minimum Gasteiger partial charge on any atom is -0.410 e. The van der Waals surface area contributed by atoms with Crippen molar-refractivity contribution in [2.45, 2.75) is 110 Å². The first-order valence-electron chi connectivity index (χ1n) is 12.5. The Morgan fingerprint density at radius 1 is 1.10 bits per heavy atom. The first-order valence-corrected chi connectivity index (χ1v) is 15.1. The fourth-order valence-electron chi connectivity index (χ4n) is 8.05. The van der Waals surface area contributed by atoms with Crippen molar-refractivity contribution in [1.82, 2.24) is 0 Å².